The van der Waals surface area contributed by atoms with Crippen molar-refractivity contribution in [3.63, 3.8) is 0 Å². The molecule has 2 N–H and O–H groups in total. The van der Waals surface area contributed by atoms with Crippen molar-refractivity contribution in [2.24, 2.45) is 5.73 Å². The summed E-state index contributed by atoms with van der Waals surface area (Å²) >= 11 is 12.0. The molecule has 0 aliphatic heterocycles. The first-order valence-corrected chi connectivity index (χ1v) is 7.92. The highest BCUT2D eigenvalue weighted by molar-refractivity contribution is 6.35. The van der Waals surface area contributed by atoms with Gasteiger partial charge in [0.25, 0.3) is 5.89 Å². The van der Waals surface area contributed by atoms with Crippen LogP contribution in [0, 0.1) is 0 Å². The van der Waals surface area contributed by atoms with Crippen LogP contribution in [0.4, 0.5) is 0 Å². The molecule has 1 saturated carbocycles. The molecule has 1 aromatic carbocycles. The minimum Gasteiger partial charge on any atom is -0.334 e. The zero-order valence-electron chi connectivity index (χ0n) is 11.6. The van der Waals surface area contributed by atoms with Gasteiger partial charge in [-0.25, -0.2) is 0 Å². The molecule has 1 fully saturated rings. The van der Waals surface area contributed by atoms with E-state index in [0.717, 1.165) is 25.7 Å². The number of aromatic nitrogens is 2. The van der Waals surface area contributed by atoms with E-state index in [1.54, 1.807) is 18.2 Å². The van der Waals surface area contributed by atoms with Gasteiger partial charge >= 0.3 is 0 Å². The van der Waals surface area contributed by atoms with Gasteiger partial charge in [-0.1, -0.05) is 54.0 Å². The quantitative estimate of drug-likeness (QED) is 0.822. The number of hydrogen-bond donors (Lipinski definition) is 1. The van der Waals surface area contributed by atoms with Crippen LogP contribution >= 0.6 is 23.2 Å². The van der Waals surface area contributed by atoms with Gasteiger partial charge < -0.3 is 10.3 Å². The maximum absolute atomic E-state index is 6.49. The molecule has 1 aromatic heterocycles. The summed E-state index contributed by atoms with van der Waals surface area (Å²) in [6.45, 7) is 0. The van der Waals surface area contributed by atoms with Gasteiger partial charge in [-0.05, 0) is 31.0 Å². The van der Waals surface area contributed by atoms with Crippen LogP contribution in [0.15, 0.2) is 22.7 Å². The standard InChI is InChI=1S/C15H17Cl2N3O/c16-11-7-10(8-12(17)9-11)13-19-14(20-21-13)15(18)5-3-1-2-4-6-15/h7-9H,1-6,18H2. The first-order valence-electron chi connectivity index (χ1n) is 7.16. The lowest BCUT2D eigenvalue weighted by Gasteiger charge is -2.23. The second kappa shape index (κ2) is 5.95. The Kier molecular flexibility index (Phi) is 4.20. The van der Waals surface area contributed by atoms with Gasteiger partial charge in [0.1, 0.15) is 0 Å². The lowest BCUT2D eigenvalue weighted by atomic mass is 9.91. The Morgan fingerprint density at radius 1 is 1.00 bits per heavy atom. The molecule has 1 aliphatic rings. The topological polar surface area (TPSA) is 64.9 Å². The van der Waals surface area contributed by atoms with Crippen molar-refractivity contribution in [1.29, 1.82) is 0 Å². The SMILES string of the molecule is NC1(c2noc(-c3cc(Cl)cc(Cl)c3)n2)CCCCCC1. The molecule has 1 heterocycles. The molecule has 1 aliphatic carbocycles. The maximum Gasteiger partial charge on any atom is 0.258 e. The summed E-state index contributed by atoms with van der Waals surface area (Å²) in [4.78, 5) is 4.48. The van der Waals surface area contributed by atoms with E-state index in [0.29, 0.717) is 27.3 Å². The minimum absolute atomic E-state index is 0.406. The van der Waals surface area contributed by atoms with Gasteiger partial charge in [0.2, 0.25) is 0 Å². The van der Waals surface area contributed by atoms with Crippen molar-refractivity contribution in [2.75, 3.05) is 0 Å². The Labute approximate surface area is 133 Å². The highest BCUT2D eigenvalue weighted by atomic mass is 35.5. The van der Waals surface area contributed by atoms with E-state index >= 15 is 0 Å². The molecular weight excluding hydrogens is 309 g/mol. The molecule has 112 valence electrons. The lowest BCUT2D eigenvalue weighted by Crippen LogP contribution is -2.37. The summed E-state index contributed by atoms with van der Waals surface area (Å²) in [7, 11) is 0. The Hall–Kier alpha value is -1.10. The zero-order valence-corrected chi connectivity index (χ0v) is 13.1. The van der Waals surface area contributed by atoms with E-state index in [1.165, 1.54) is 12.8 Å². The molecule has 3 rings (SSSR count). The summed E-state index contributed by atoms with van der Waals surface area (Å²) in [5.41, 5.74) is 6.72. The summed E-state index contributed by atoms with van der Waals surface area (Å²) in [5, 5.41) is 5.16. The van der Waals surface area contributed by atoms with E-state index in [4.69, 9.17) is 33.5 Å². The highest BCUT2D eigenvalue weighted by Crippen LogP contribution is 2.33. The highest BCUT2D eigenvalue weighted by Gasteiger charge is 2.33. The summed E-state index contributed by atoms with van der Waals surface area (Å²) in [6, 6.07) is 5.17. The maximum atomic E-state index is 6.49. The predicted octanol–water partition coefficient (Wildman–Crippen LogP) is 4.55. The van der Waals surface area contributed by atoms with Crippen molar-refractivity contribution in [1.82, 2.24) is 10.1 Å². The molecule has 0 spiro atoms. The van der Waals surface area contributed by atoms with E-state index < -0.39 is 5.54 Å². The third-order valence-corrected chi connectivity index (χ3v) is 4.41. The van der Waals surface area contributed by atoms with Crippen LogP contribution in [0.2, 0.25) is 10.0 Å². The fourth-order valence-electron chi connectivity index (χ4n) is 2.80. The van der Waals surface area contributed by atoms with Gasteiger partial charge in [-0.3, -0.25) is 0 Å². The van der Waals surface area contributed by atoms with Crippen LogP contribution in [-0.4, -0.2) is 10.1 Å². The molecule has 4 nitrogen and oxygen atoms in total. The molecule has 0 unspecified atom stereocenters. The average molecular weight is 326 g/mol. The number of nitrogens with two attached hydrogens (primary N) is 1. The third-order valence-electron chi connectivity index (χ3n) is 3.98. The van der Waals surface area contributed by atoms with Gasteiger partial charge in [0.05, 0.1) is 5.54 Å². The second-order valence-corrected chi connectivity index (χ2v) is 6.52. The Morgan fingerprint density at radius 2 is 1.62 bits per heavy atom. The first-order chi connectivity index (χ1) is 10.1. The van der Waals surface area contributed by atoms with E-state index in [2.05, 4.69) is 10.1 Å². The van der Waals surface area contributed by atoms with Crippen molar-refractivity contribution in [3.8, 4) is 11.5 Å². The number of halogens is 2. The van der Waals surface area contributed by atoms with E-state index in [-0.39, 0.29) is 0 Å². The summed E-state index contributed by atoms with van der Waals surface area (Å²) in [5.74, 6) is 0.985. The molecule has 6 heteroatoms. The first kappa shape index (κ1) is 14.8. The van der Waals surface area contributed by atoms with Crippen LogP contribution in [0.3, 0.4) is 0 Å². The normalized spacial score (nSPS) is 18.4. The van der Waals surface area contributed by atoms with Crippen LogP contribution < -0.4 is 5.73 Å². The van der Waals surface area contributed by atoms with Crippen molar-refractivity contribution in [2.45, 2.75) is 44.1 Å². The number of benzene rings is 1. The molecule has 0 atom stereocenters. The van der Waals surface area contributed by atoms with Crippen molar-refractivity contribution in [3.05, 3.63) is 34.1 Å². The molecule has 0 saturated heterocycles. The summed E-state index contributed by atoms with van der Waals surface area (Å²) < 4.78 is 5.36. The fraction of sp³-hybridized carbons (Fsp3) is 0.467. The fourth-order valence-corrected chi connectivity index (χ4v) is 3.33. The molecular formula is C15H17Cl2N3O. The largest absolute Gasteiger partial charge is 0.334 e. The van der Waals surface area contributed by atoms with Gasteiger partial charge in [0.15, 0.2) is 5.82 Å². The molecule has 2 aromatic rings. The lowest BCUT2D eigenvalue weighted by molar-refractivity contribution is 0.334. The third kappa shape index (κ3) is 3.23. The average Bonchev–Trinajstić information content (AvgIpc) is 2.83. The smallest absolute Gasteiger partial charge is 0.258 e. The van der Waals surface area contributed by atoms with Gasteiger partial charge in [-0.2, -0.15) is 4.98 Å². The number of rotatable bonds is 2. The van der Waals surface area contributed by atoms with Crippen molar-refractivity contribution >= 4 is 23.2 Å². The Morgan fingerprint density at radius 3 is 2.24 bits per heavy atom. The van der Waals surface area contributed by atoms with Crippen LogP contribution in [0.5, 0.6) is 0 Å². The minimum atomic E-state index is -0.485. The van der Waals surface area contributed by atoms with Gasteiger partial charge in [0, 0.05) is 15.6 Å². The zero-order chi connectivity index (χ0) is 14.9. The summed E-state index contributed by atoms with van der Waals surface area (Å²) in [6.07, 6.45) is 6.42. The molecule has 0 amide bonds. The van der Waals surface area contributed by atoms with Crippen LogP contribution in [-0.2, 0) is 5.54 Å². The van der Waals surface area contributed by atoms with E-state index in [9.17, 15) is 0 Å². The molecule has 21 heavy (non-hydrogen) atoms. The van der Waals surface area contributed by atoms with Crippen LogP contribution in [0.25, 0.3) is 11.5 Å². The monoisotopic (exact) mass is 325 g/mol. The van der Waals surface area contributed by atoms with Crippen LogP contribution in [0.1, 0.15) is 44.3 Å². The second-order valence-electron chi connectivity index (χ2n) is 5.65. The predicted molar refractivity (Wildman–Crippen MR) is 83.3 cm³/mol. The van der Waals surface area contributed by atoms with E-state index in [1.807, 2.05) is 0 Å². The number of hydrogen-bond acceptors (Lipinski definition) is 4. The number of nitrogens with zero attached hydrogens (tertiary/aromatic N) is 2. The Bertz CT molecular complexity index is 613. The van der Waals surface area contributed by atoms with Gasteiger partial charge in [-0.15, -0.1) is 0 Å². The van der Waals surface area contributed by atoms with Crippen molar-refractivity contribution < 1.29 is 4.52 Å². The molecule has 0 bridgehead atoms. The Balaban J connectivity index is 1.92. The molecule has 0 radical (unpaired) electrons.